The van der Waals surface area contributed by atoms with E-state index in [2.05, 4.69) is 20.3 Å². The lowest BCUT2D eigenvalue weighted by atomic mass is 10.2. The number of piperazine rings is 1. The number of furan rings is 1. The molecule has 1 fully saturated rings. The number of hydrazone groups is 1. The van der Waals surface area contributed by atoms with Gasteiger partial charge in [0.1, 0.15) is 17.3 Å². The summed E-state index contributed by atoms with van der Waals surface area (Å²) in [5.41, 5.74) is 4.19. The molecule has 1 aliphatic heterocycles. The molecule has 1 aliphatic rings. The fourth-order valence-electron chi connectivity index (χ4n) is 2.74. The van der Waals surface area contributed by atoms with Crippen molar-refractivity contribution in [3.05, 3.63) is 54.2 Å². The number of anilines is 1. The van der Waals surface area contributed by atoms with Crippen LogP contribution in [0.4, 0.5) is 10.1 Å². The highest BCUT2D eigenvalue weighted by Gasteiger charge is 2.19. The maximum Gasteiger partial charge on any atom is 0.254 e. The van der Waals surface area contributed by atoms with Gasteiger partial charge in [0.2, 0.25) is 0 Å². The predicted octanol–water partition coefficient (Wildman–Crippen LogP) is 2.08. The van der Waals surface area contributed by atoms with Gasteiger partial charge in [-0.3, -0.25) is 9.69 Å². The van der Waals surface area contributed by atoms with Crippen molar-refractivity contribution in [2.45, 2.75) is 6.92 Å². The van der Waals surface area contributed by atoms with Crippen LogP contribution in [0, 0.1) is 5.82 Å². The van der Waals surface area contributed by atoms with Gasteiger partial charge in [0, 0.05) is 31.9 Å². The Balaban J connectivity index is 1.45. The zero-order chi connectivity index (χ0) is 17.6. The van der Waals surface area contributed by atoms with Crippen LogP contribution in [0.25, 0.3) is 0 Å². The summed E-state index contributed by atoms with van der Waals surface area (Å²) >= 11 is 0. The largest absolute Gasteiger partial charge is 0.463 e. The number of nitrogens with one attached hydrogen (secondary N) is 1. The van der Waals surface area contributed by atoms with Gasteiger partial charge >= 0.3 is 0 Å². The lowest BCUT2D eigenvalue weighted by molar-refractivity contribution is -0.122. The van der Waals surface area contributed by atoms with Gasteiger partial charge < -0.3 is 9.32 Å². The second-order valence-electron chi connectivity index (χ2n) is 5.95. The molecule has 1 saturated heterocycles. The normalized spacial score (nSPS) is 16.1. The summed E-state index contributed by atoms with van der Waals surface area (Å²) in [6, 6.07) is 10.1. The number of carbonyl (C=O) groups excluding carboxylic acids is 1. The van der Waals surface area contributed by atoms with Crippen LogP contribution in [0.15, 0.2) is 52.2 Å². The van der Waals surface area contributed by atoms with Gasteiger partial charge in [-0.15, -0.1) is 0 Å². The quantitative estimate of drug-likeness (QED) is 0.666. The highest BCUT2D eigenvalue weighted by molar-refractivity contribution is 5.96. The molecular formula is C18H21FN4O2. The number of amides is 1. The van der Waals surface area contributed by atoms with E-state index >= 15 is 0 Å². The van der Waals surface area contributed by atoms with Gasteiger partial charge in [-0.2, -0.15) is 5.10 Å². The van der Waals surface area contributed by atoms with Crippen LogP contribution in [0.2, 0.25) is 0 Å². The lowest BCUT2D eigenvalue weighted by Gasteiger charge is -2.35. The molecule has 2 aromatic rings. The minimum absolute atomic E-state index is 0.152. The highest BCUT2D eigenvalue weighted by atomic mass is 19.1. The summed E-state index contributed by atoms with van der Waals surface area (Å²) in [7, 11) is 0. The zero-order valence-corrected chi connectivity index (χ0v) is 14.1. The van der Waals surface area contributed by atoms with Crippen molar-refractivity contribution in [1.82, 2.24) is 10.3 Å². The van der Waals surface area contributed by atoms with Gasteiger partial charge in [0.05, 0.1) is 12.8 Å². The average molecular weight is 344 g/mol. The van der Waals surface area contributed by atoms with Crippen molar-refractivity contribution in [3.63, 3.8) is 0 Å². The van der Waals surface area contributed by atoms with Gasteiger partial charge in [-0.25, -0.2) is 9.82 Å². The third-order valence-corrected chi connectivity index (χ3v) is 4.16. The minimum atomic E-state index is -0.232. The van der Waals surface area contributed by atoms with E-state index in [0.717, 1.165) is 31.9 Å². The molecule has 25 heavy (non-hydrogen) atoms. The van der Waals surface area contributed by atoms with Gasteiger partial charge in [0.25, 0.3) is 5.91 Å². The number of carbonyl (C=O) groups is 1. The van der Waals surface area contributed by atoms with Crippen LogP contribution < -0.4 is 10.3 Å². The van der Waals surface area contributed by atoms with Crippen LogP contribution in [0.5, 0.6) is 0 Å². The average Bonchev–Trinajstić information content (AvgIpc) is 3.16. The summed E-state index contributed by atoms with van der Waals surface area (Å²) < 4.78 is 18.2. The van der Waals surface area contributed by atoms with Crippen LogP contribution >= 0.6 is 0 Å². The monoisotopic (exact) mass is 344 g/mol. The summed E-state index contributed by atoms with van der Waals surface area (Å²) in [6.45, 7) is 5.21. The molecule has 0 aliphatic carbocycles. The number of hydrogen-bond donors (Lipinski definition) is 1. The molecule has 0 bridgehead atoms. The van der Waals surface area contributed by atoms with Crippen molar-refractivity contribution < 1.29 is 13.6 Å². The maximum absolute atomic E-state index is 13.0. The molecule has 1 amide bonds. The van der Waals surface area contributed by atoms with E-state index in [1.165, 1.54) is 12.1 Å². The van der Waals surface area contributed by atoms with Crippen molar-refractivity contribution in [2.75, 3.05) is 37.6 Å². The Bertz CT molecular complexity index is 720. The fourth-order valence-corrected chi connectivity index (χ4v) is 2.74. The number of nitrogens with zero attached hydrogens (tertiary/aromatic N) is 3. The van der Waals surface area contributed by atoms with Crippen molar-refractivity contribution >= 4 is 17.3 Å². The second kappa shape index (κ2) is 7.94. The standard InChI is InChI=1S/C18H21FN4O2/c1-14(17-3-2-12-25-17)20-21-18(24)13-22-8-10-23(11-9-22)16-6-4-15(19)5-7-16/h2-7,12H,8-11,13H2,1H3,(H,21,24)/b20-14-. The van der Waals surface area contributed by atoms with E-state index in [4.69, 9.17) is 4.42 Å². The number of hydrogen-bond acceptors (Lipinski definition) is 5. The van der Waals surface area contributed by atoms with Gasteiger partial charge in [-0.1, -0.05) is 0 Å². The molecule has 1 N–H and O–H groups in total. The lowest BCUT2D eigenvalue weighted by Crippen LogP contribution is -2.49. The molecule has 2 heterocycles. The fraction of sp³-hybridized carbons (Fsp3) is 0.333. The highest BCUT2D eigenvalue weighted by Crippen LogP contribution is 2.16. The van der Waals surface area contributed by atoms with E-state index in [1.54, 1.807) is 37.5 Å². The first-order valence-electron chi connectivity index (χ1n) is 8.22. The molecule has 1 aromatic heterocycles. The first kappa shape index (κ1) is 17.2. The van der Waals surface area contributed by atoms with Gasteiger partial charge in [0.15, 0.2) is 0 Å². The molecule has 0 radical (unpaired) electrons. The molecular weight excluding hydrogens is 323 g/mol. The minimum Gasteiger partial charge on any atom is -0.463 e. The molecule has 0 unspecified atom stereocenters. The predicted molar refractivity (Wildman–Crippen MR) is 94.1 cm³/mol. The van der Waals surface area contributed by atoms with E-state index in [0.29, 0.717) is 18.0 Å². The summed E-state index contributed by atoms with van der Waals surface area (Å²) in [5, 5.41) is 4.05. The smallest absolute Gasteiger partial charge is 0.254 e. The van der Waals surface area contributed by atoms with Crippen LogP contribution in [0.3, 0.4) is 0 Å². The Morgan fingerprint density at radius 2 is 1.92 bits per heavy atom. The van der Waals surface area contributed by atoms with Crippen LogP contribution in [-0.2, 0) is 4.79 Å². The van der Waals surface area contributed by atoms with Crippen LogP contribution in [-0.4, -0.2) is 49.2 Å². The van der Waals surface area contributed by atoms with Gasteiger partial charge in [-0.05, 0) is 43.3 Å². The summed E-state index contributed by atoms with van der Waals surface area (Å²) in [6.07, 6.45) is 1.57. The molecule has 1 aromatic carbocycles. The number of benzene rings is 1. The summed E-state index contributed by atoms with van der Waals surface area (Å²) in [5.74, 6) is 0.249. The van der Waals surface area contributed by atoms with Crippen molar-refractivity contribution in [2.24, 2.45) is 5.10 Å². The topological polar surface area (TPSA) is 61.1 Å². The van der Waals surface area contributed by atoms with E-state index in [-0.39, 0.29) is 11.7 Å². The molecule has 0 saturated carbocycles. The van der Waals surface area contributed by atoms with Crippen LogP contribution in [0.1, 0.15) is 12.7 Å². The van der Waals surface area contributed by atoms with E-state index < -0.39 is 0 Å². The first-order chi connectivity index (χ1) is 12.1. The number of halogens is 1. The summed E-state index contributed by atoms with van der Waals surface area (Å²) in [4.78, 5) is 16.3. The third kappa shape index (κ3) is 4.67. The molecule has 3 rings (SSSR count). The van der Waals surface area contributed by atoms with Crippen molar-refractivity contribution in [1.29, 1.82) is 0 Å². The molecule has 132 valence electrons. The Labute approximate surface area is 145 Å². The molecule has 6 nitrogen and oxygen atoms in total. The maximum atomic E-state index is 13.0. The zero-order valence-electron chi connectivity index (χ0n) is 14.1. The first-order valence-corrected chi connectivity index (χ1v) is 8.22. The van der Waals surface area contributed by atoms with E-state index in [1.807, 2.05) is 0 Å². The molecule has 0 spiro atoms. The van der Waals surface area contributed by atoms with Crippen molar-refractivity contribution in [3.8, 4) is 0 Å². The Kier molecular flexibility index (Phi) is 5.45. The van der Waals surface area contributed by atoms with E-state index in [9.17, 15) is 9.18 Å². The number of rotatable bonds is 5. The Hall–Kier alpha value is -2.67. The Morgan fingerprint density at radius 3 is 2.56 bits per heavy atom. The molecule has 7 heteroatoms. The SMILES string of the molecule is C/C(=N/NC(=O)CN1CCN(c2ccc(F)cc2)CC1)c1ccco1. The Morgan fingerprint density at radius 1 is 1.20 bits per heavy atom. The second-order valence-corrected chi connectivity index (χ2v) is 5.95. The molecule has 0 atom stereocenters. The third-order valence-electron chi connectivity index (χ3n) is 4.16.